The third kappa shape index (κ3) is 6.28. The number of nitriles is 1. The van der Waals surface area contributed by atoms with E-state index in [1.165, 1.54) is 0 Å². The van der Waals surface area contributed by atoms with Crippen molar-refractivity contribution in [3.63, 3.8) is 0 Å². The molecule has 1 unspecified atom stereocenters. The number of piperazine rings is 1. The van der Waals surface area contributed by atoms with Gasteiger partial charge in [-0.15, -0.1) is 0 Å². The van der Waals surface area contributed by atoms with Gasteiger partial charge >= 0.3 is 0 Å². The highest BCUT2D eigenvalue weighted by Gasteiger charge is 2.26. The van der Waals surface area contributed by atoms with Gasteiger partial charge in [0.05, 0.1) is 31.6 Å². The first-order valence-corrected chi connectivity index (χ1v) is 13.9. The zero-order chi connectivity index (χ0) is 28.8. The normalized spacial score (nSPS) is 15.4. The molecule has 1 N–H and O–H groups in total. The van der Waals surface area contributed by atoms with Crippen molar-refractivity contribution in [2.75, 3.05) is 51.1 Å². The van der Waals surface area contributed by atoms with Crippen LogP contribution in [0, 0.1) is 11.3 Å². The van der Waals surface area contributed by atoms with E-state index in [0.717, 1.165) is 55.3 Å². The maximum absolute atomic E-state index is 10.2. The Hall–Kier alpha value is -4.55. The quantitative estimate of drug-likeness (QED) is 0.263. The molecule has 212 valence electrons. The lowest BCUT2D eigenvalue weighted by atomic mass is 10.1. The van der Waals surface area contributed by atoms with Crippen LogP contribution in [0.4, 0.5) is 17.2 Å². The second-order valence-electron chi connectivity index (χ2n) is 10.2. The van der Waals surface area contributed by atoms with Crippen LogP contribution in [0.2, 0.25) is 0 Å². The first-order valence-electron chi connectivity index (χ1n) is 13.9. The van der Waals surface area contributed by atoms with Crippen molar-refractivity contribution in [1.82, 2.24) is 14.9 Å². The molecule has 0 spiro atoms. The Kier molecular flexibility index (Phi) is 8.70. The molecular weight excluding hydrogens is 516 g/mol. The number of rotatable bonds is 10. The van der Waals surface area contributed by atoms with Crippen LogP contribution in [0.25, 0.3) is 11.0 Å². The minimum atomic E-state index is 0.371. The smallest absolute Gasteiger partial charge is 0.162 e. The van der Waals surface area contributed by atoms with Crippen LogP contribution in [-0.4, -0.2) is 61.8 Å². The molecule has 2 heterocycles. The standard InChI is InChI=1S/C32H36N6O3/c1-5-6-24-20-37(2)15-16-38(24)31-19-34-28-13-12-27(26(18-33)32(28)36-31)35-23-9-14-29(30(17-23)40-4)41-21-22-7-10-25(39-3)11-8-22/h7-14,17,19,24,35H,5-6,15-16,20-21H2,1-4H3. The fraction of sp³-hybridized carbons (Fsp3) is 0.344. The molecule has 1 atom stereocenters. The summed E-state index contributed by atoms with van der Waals surface area (Å²) in [7, 11) is 5.41. The molecule has 1 saturated heterocycles. The second kappa shape index (κ2) is 12.7. The molecular formula is C32H36N6O3. The number of hydrogen-bond acceptors (Lipinski definition) is 9. The van der Waals surface area contributed by atoms with Crippen molar-refractivity contribution >= 4 is 28.2 Å². The molecule has 5 rings (SSSR count). The van der Waals surface area contributed by atoms with Gasteiger partial charge in [-0.25, -0.2) is 4.98 Å². The molecule has 1 aliphatic heterocycles. The van der Waals surface area contributed by atoms with Crippen molar-refractivity contribution in [2.24, 2.45) is 0 Å². The average molecular weight is 553 g/mol. The monoisotopic (exact) mass is 552 g/mol. The molecule has 1 aliphatic rings. The van der Waals surface area contributed by atoms with Crippen molar-refractivity contribution in [3.05, 3.63) is 71.9 Å². The lowest BCUT2D eigenvalue weighted by Crippen LogP contribution is -2.52. The number of hydrogen-bond donors (Lipinski definition) is 1. The lowest BCUT2D eigenvalue weighted by Gasteiger charge is -2.40. The molecule has 0 radical (unpaired) electrons. The Morgan fingerprint density at radius 1 is 1.02 bits per heavy atom. The molecule has 0 aliphatic carbocycles. The van der Waals surface area contributed by atoms with Crippen molar-refractivity contribution in [3.8, 4) is 23.3 Å². The fourth-order valence-electron chi connectivity index (χ4n) is 5.22. The zero-order valence-corrected chi connectivity index (χ0v) is 24.1. The number of ether oxygens (including phenoxy) is 3. The minimum Gasteiger partial charge on any atom is -0.497 e. The topological polar surface area (TPSA) is 95.8 Å². The number of anilines is 3. The minimum absolute atomic E-state index is 0.371. The number of aromatic nitrogens is 2. The van der Waals surface area contributed by atoms with E-state index in [1.54, 1.807) is 14.2 Å². The van der Waals surface area contributed by atoms with Crippen LogP contribution in [0.5, 0.6) is 17.2 Å². The predicted octanol–water partition coefficient (Wildman–Crippen LogP) is 5.76. The van der Waals surface area contributed by atoms with Gasteiger partial charge in [0.25, 0.3) is 0 Å². The molecule has 0 bridgehead atoms. The summed E-state index contributed by atoms with van der Waals surface area (Å²) < 4.78 is 16.9. The van der Waals surface area contributed by atoms with E-state index in [0.29, 0.717) is 46.4 Å². The highest BCUT2D eigenvalue weighted by molar-refractivity contribution is 5.89. The van der Waals surface area contributed by atoms with Crippen LogP contribution in [-0.2, 0) is 6.61 Å². The predicted molar refractivity (Wildman–Crippen MR) is 161 cm³/mol. The van der Waals surface area contributed by atoms with Crippen LogP contribution >= 0.6 is 0 Å². The summed E-state index contributed by atoms with van der Waals surface area (Å²) in [6.07, 6.45) is 4.01. The molecule has 0 amide bonds. The number of methoxy groups -OCH3 is 2. The number of nitrogens with zero attached hydrogens (tertiary/aromatic N) is 5. The van der Waals surface area contributed by atoms with E-state index in [-0.39, 0.29) is 0 Å². The zero-order valence-electron chi connectivity index (χ0n) is 24.1. The maximum Gasteiger partial charge on any atom is 0.162 e. The summed E-state index contributed by atoms with van der Waals surface area (Å²) in [5.41, 5.74) is 4.18. The Labute approximate surface area is 241 Å². The Bertz CT molecular complexity index is 1540. The van der Waals surface area contributed by atoms with Gasteiger partial charge in [0.2, 0.25) is 0 Å². The number of likely N-dealkylation sites (N-methyl/N-ethyl adjacent to an activating group) is 1. The van der Waals surface area contributed by atoms with Gasteiger partial charge in [-0.05, 0) is 55.4 Å². The van der Waals surface area contributed by atoms with Gasteiger partial charge in [0, 0.05) is 37.4 Å². The SMILES string of the molecule is CCCC1CN(C)CCN1c1cnc2ccc(Nc3ccc(OCc4ccc(OC)cc4)c(OC)c3)c(C#N)c2n1. The molecule has 3 aromatic carbocycles. The first-order chi connectivity index (χ1) is 20.0. The summed E-state index contributed by atoms with van der Waals surface area (Å²) in [5, 5.41) is 13.6. The van der Waals surface area contributed by atoms with Gasteiger partial charge in [0.15, 0.2) is 11.5 Å². The molecule has 4 aromatic rings. The molecule has 0 saturated carbocycles. The highest BCUT2D eigenvalue weighted by atomic mass is 16.5. The molecule has 1 fully saturated rings. The van der Waals surface area contributed by atoms with Gasteiger partial charge < -0.3 is 29.3 Å². The third-order valence-corrected chi connectivity index (χ3v) is 7.41. The summed E-state index contributed by atoms with van der Waals surface area (Å²) in [6, 6.07) is 19.8. The first kappa shape index (κ1) is 28.0. The van der Waals surface area contributed by atoms with E-state index in [9.17, 15) is 5.26 Å². The third-order valence-electron chi connectivity index (χ3n) is 7.41. The van der Waals surface area contributed by atoms with E-state index in [4.69, 9.17) is 19.2 Å². The van der Waals surface area contributed by atoms with Gasteiger partial charge in [-0.1, -0.05) is 25.5 Å². The van der Waals surface area contributed by atoms with E-state index in [2.05, 4.69) is 40.1 Å². The van der Waals surface area contributed by atoms with Gasteiger partial charge in [-0.2, -0.15) is 5.26 Å². The number of fused-ring (bicyclic) bond motifs is 1. The van der Waals surface area contributed by atoms with Gasteiger partial charge in [0.1, 0.15) is 35.3 Å². The second-order valence-corrected chi connectivity index (χ2v) is 10.2. The van der Waals surface area contributed by atoms with Crippen molar-refractivity contribution in [2.45, 2.75) is 32.4 Å². The molecule has 41 heavy (non-hydrogen) atoms. The molecule has 9 heteroatoms. The van der Waals surface area contributed by atoms with E-state index >= 15 is 0 Å². The maximum atomic E-state index is 10.2. The highest BCUT2D eigenvalue weighted by Crippen LogP contribution is 2.34. The van der Waals surface area contributed by atoms with Crippen molar-refractivity contribution < 1.29 is 14.2 Å². The average Bonchev–Trinajstić information content (AvgIpc) is 3.00. The molecule has 9 nitrogen and oxygen atoms in total. The molecule has 1 aromatic heterocycles. The Morgan fingerprint density at radius 3 is 2.59 bits per heavy atom. The number of benzene rings is 3. The van der Waals surface area contributed by atoms with Crippen LogP contribution < -0.4 is 24.4 Å². The Morgan fingerprint density at radius 2 is 1.85 bits per heavy atom. The lowest BCUT2D eigenvalue weighted by molar-refractivity contribution is 0.258. The van der Waals surface area contributed by atoms with E-state index < -0.39 is 0 Å². The largest absolute Gasteiger partial charge is 0.497 e. The summed E-state index contributed by atoms with van der Waals surface area (Å²) in [5.74, 6) is 2.83. The number of nitrogens with one attached hydrogen (secondary N) is 1. The fourth-order valence-corrected chi connectivity index (χ4v) is 5.22. The summed E-state index contributed by atoms with van der Waals surface area (Å²) >= 11 is 0. The van der Waals surface area contributed by atoms with Gasteiger partial charge in [-0.3, -0.25) is 4.98 Å². The Balaban J connectivity index is 1.38. The van der Waals surface area contributed by atoms with E-state index in [1.807, 2.05) is 60.8 Å². The van der Waals surface area contributed by atoms with Crippen LogP contribution in [0.1, 0.15) is 30.9 Å². The van der Waals surface area contributed by atoms with Crippen molar-refractivity contribution in [1.29, 1.82) is 5.26 Å². The van der Waals surface area contributed by atoms with Crippen LogP contribution in [0.15, 0.2) is 60.8 Å². The summed E-state index contributed by atoms with van der Waals surface area (Å²) in [6.45, 7) is 5.44. The van der Waals surface area contributed by atoms with Crippen LogP contribution in [0.3, 0.4) is 0 Å². The summed E-state index contributed by atoms with van der Waals surface area (Å²) in [4.78, 5) is 14.4.